The standard InChI is InChI=1S/C16H14N6OS2/c1-8-5-12(23)22-16(19-8)20-11(21-22)6-24-14-13-9-3-2-4-10(9)25-15(13)18-7-17-14/h5,7H,2-4,6H2,1H3,(H,19,20,21). The number of rotatable bonds is 3. The van der Waals surface area contributed by atoms with Crippen LogP contribution in [0.2, 0.25) is 0 Å². The molecule has 1 N–H and O–H groups in total. The van der Waals surface area contributed by atoms with Crippen molar-refractivity contribution in [1.29, 1.82) is 0 Å². The van der Waals surface area contributed by atoms with E-state index in [9.17, 15) is 4.79 Å². The van der Waals surface area contributed by atoms with E-state index in [4.69, 9.17) is 0 Å². The van der Waals surface area contributed by atoms with E-state index >= 15 is 0 Å². The summed E-state index contributed by atoms with van der Waals surface area (Å²) >= 11 is 3.40. The van der Waals surface area contributed by atoms with E-state index in [1.165, 1.54) is 32.8 Å². The molecular weight excluding hydrogens is 356 g/mol. The molecule has 5 rings (SSSR count). The van der Waals surface area contributed by atoms with Crippen LogP contribution in [0.1, 0.15) is 28.4 Å². The third kappa shape index (κ3) is 2.46. The van der Waals surface area contributed by atoms with Gasteiger partial charge in [0.25, 0.3) is 11.3 Å². The van der Waals surface area contributed by atoms with E-state index in [0.29, 0.717) is 23.0 Å². The first kappa shape index (κ1) is 15.0. The molecule has 0 bridgehead atoms. The smallest absolute Gasteiger partial charge is 0.274 e. The Morgan fingerprint density at radius 3 is 3.16 bits per heavy atom. The average Bonchev–Trinajstić information content (AvgIpc) is 3.25. The number of aromatic nitrogens is 6. The molecule has 1 aliphatic carbocycles. The molecule has 0 amide bonds. The highest BCUT2D eigenvalue weighted by molar-refractivity contribution is 7.98. The number of aromatic amines is 1. The Labute approximate surface area is 150 Å². The maximum atomic E-state index is 12.0. The Morgan fingerprint density at radius 2 is 2.24 bits per heavy atom. The molecule has 0 spiro atoms. The minimum Gasteiger partial charge on any atom is -0.274 e. The van der Waals surface area contributed by atoms with Crippen molar-refractivity contribution in [3.05, 3.63) is 44.7 Å². The molecule has 0 radical (unpaired) electrons. The number of thiophene rings is 1. The summed E-state index contributed by atoms with van der Waals surface area (Å²) < 4.78 is 1.38. The minimum absolute atomic E-state index is 0.147. The summed E-state index contributed by atoms with van der Waals surface area (Å²) in [6.07, 6.45) is 5.11. The molecule has 25 heavy (non-hydrogen) atoms. The normalized spacial score (nSPS) is 13.8. The molecule has 0 fully saturated rings. The summed E-state index contributed by atoms with van der Waals surface area (Å²) in [6.45, 7) is 1.79. The molecule has 7 nitrogen and oxygen atoms in total. The van der Waals surface area contributed by atoms with Crippen LogP contribution in [-0.4, -0.2) is 29.5 Å². The van der Waals surface area contributed by atoms with Crippen LogP contribution in [0, 0.1) is 6.92 Å². The summed E-state index contributed by atoms with van der Waals surface area (Å²) in [5.74, 6) is 1.71. The molecule has 0 atom stereocenters. The number of hydrogen-bond acceptors (Lipinski definition) is 7. The molecule has 0 unspecified atom stereocenters. The topological polar surface area (TPSA) is 88.8 Å². The fourth-order valence-electron chi connectivity index (χ4n) is 3.25. The van der Waals surface area contributed by atoms with Gasteiger partial charge in [-0.3, -0.25) is 9.89 Å². The van der Waals surface area contributed by atoms with Crippen molar-refractivity contribution in [3.8, 4) is 0 Å². The van der Waals surface area contributed by atoms with E-state index in [-0.39, 0.29) is 5.56 Å². The zero-order valence-electron chi connectivity index (χ0n) is 13.4. The molecule has 1 aliphatic rings. The van der Waals surface area contributed by atoms with Crippen LogP contribution in [0.5, 0.6) is 0 Å². The van der Waals surface area contributed by atoms with Gasteiger partial charge in [0.05, 0.1) is 5.75 Å². The van der Waals surface area contributed by atoms with Gasteiger partial charge < -0.3 is 0 Å². The first-order chi connectivity index (χ1) is 12.2. The number of nitrogens with zero attached hydrogens (tertiary/aromatic N) is 5. The first-order valence-electron chi connectivity index (χ1n) is 8.02. The summed E-state index contributed by atoms with van der Waals surface area (Å²) in [6, 6.07) is 1.49. The van der Waals surface area contributed by atoms with Gasteiger partial charge in [0.15, 0.2) is 0 Å². The van der Waals surface area contributed by atoms with Gasteiger partial charge in [0.2, 0.25) is 0 Å². The van der Waals surface area contributed by atoms with Crippen molar-refractivity contribution in [2.24, 2.45) is 0 Å². The van der Waals surface area contributed by atoms with E-state index in [0.717, 1.165) is 22.7 Å². The number of nitrogens with one attached hydrogen (secondary N) is 1. The number of fused-ring (bicyclic) bond motifs is 4. The molecule has 126 valence electrons. The third-order valence-electron chi connectivity index (χ3n) is 4.32. The summed E-state index contributed by atoms with van der Waals surface area (Å²) in [4.78, 5) is 32.1. The zero-order valence-corrected chi connectivity index (χ0v) is 15.1. The lowest BCUT2D eigenvalue weighted by atomic mass is 10.2. The average molecular weight is 370 g/mol. The number of thioether (sulfide) groups is 1. The predicted molar refractivity (Wildman–Crippen MR) is 97.3 cm³/mol. The van der Waals surface area contributed by atoms with Crippen molar-refractivity contribution in [3.63, 3.8) is 0 Å². The fraction of sp³-hybridized carbons (Fsp3) is 0.312. The summed E-state index contributed by atoms with van der Waals surface area (Å²) in [7, 11) is 0. The van der Waals surface area contributed by atoms with Crippen LogP contribution in [0.25, 0.3) is 16.0 Å². The summed E-state index contributed by atoms with van der Waals surface area (Å²) in [5.41, 5.74) is 1.94. The molecular formula is C16H14N6OS2. The maximum absolute atomic E-state index is 12.0. The van der Waals surface area contributed by atoms with Gasteiger partial charge in [-0.1, -0.05) is 11.8 Å². The third-order valence-corrected chi connectivity index (χ3v) is 6.52. The van der Waals surface area contributed by atoms with Crippen molar-refractivity contribution < 1.29 is 0 Å². The molecule has 4 heterocycles. The quantitative estimate of drug-likeness (QED) is 0.440. The van der Waals surface area contributed by atoms with Crippen molar-refractivity contribution in [2.75, 3.05) is 0 Å². The van der Waals surface area contributed by atoms with Gasteiger partial charge in [-0.25, -0.2) is 15.0 Å². The van der Waals surface area contributed by atoms with Gasteiger partial charge >= 0.3 is 0 Å². The fourth-order valence-corrected chi connectivity index (χ4v) is 5.43. The molecule has 0 aliphatic heterocycles. The Bertz CT molecular complexity index is 1170. The lowest BCUT2D eigenvalue weighted by Crippen LogP contribution is -2.14. The van der Waals surface area contributed by atoms with E-state index < -0.39 is 0 Å². The highest BCUT2D eigenvalue weighted by atomic mass is 32.2. The van der Waals surface area contributed by atoms with Gasteiger partial charge in [-0.15, -0.1) is 11.3 Å². The highest BCUT2D eigenvalue weighted by Crippen LogP contribution is 2.40. The molecule has 4 aromatic rings. The van der Waals surface area contributed by atoms with Gasteiger partial charge in [0, 0.05) is 22.0 Å². The Morgan fingerprint density at radius 1 is 1.32 bits per heavy atom. The van der Waals surface area contributed by atoms with Gasteiger partial charge in [-0.05, 0) is 31.7 Å². The van der Waals surface area contributed by atoms with Crippen LogP contribution >= 0.6 is 23.1 Å². The minimum atomic E-state index is -0.147. The van der Waals surface area contributed by atoms with Crippen LogP contribution in [0.3, 0.4) is 0 Å². The van der Waals surface area contributed by atoms with Gasteiger partial charge in [-0.2, -0.15) is 9.50 Å². The molecule has 9 heteroatoms. The lowest BCUT2D eigenvalue weighted by molar-refractivity contribution is 0.869. The zero-order chi connectivity index (χ0) is 17.0. The SMILES string of the molecule is Cc1cc(=O)n2[nH]c(CSc3ncnc4sc5c(c34)CCC5)nc2n1. The second kappa shape index (κ2) is 5.63. The molecule has 0 aromatic carbocycles. The van der Waals surface area contributed by atoms with Crippen LogP contribution in [0.4, 0.5) is 0 Å². The predicted octanol–water partition coefficient (Wildman–Crippen LogP) is 2.51. The molecule has 4 aromatic heterocycles. The van der Waals surface area contributed by atoms with Crippen molar-refractivity contribution >= 4 is 39.1 Å². The molecule has 0 saturated heterocycles. The second-order valence-corrected chi connectivity index (χ2v) is 8.09. The summed E-state index contributed by atoms with van der Waals surface area (Å²) in [5, 5.41) is 5.21. The van der Waals surface area contributed by atoms with Crippen molar-refractivity contribution in [1.82, 2.24) is 29.5 Å². The van der Waals surface area contributed by atoms with E-state index in [1.54, 1.807) is 36.3 Å². The largest absolute Gasteiger partial charge is 0.274 e. The Hall–Kier alpha value is -2.26. The highest BCUT2D eigenvalue weighted by Gasteiger charge is 2.21. The lowest BCUT2D eigenvalue weighted by Gasteiger charge is -2.02. The van der Waals surface area contributed by atoms with Crippen LogP contribution < -0.4 is 5.56 Å². The molecule has 0 saturated carbocycles. The Balaban J connectivity index is 1.50. The van der Waals surface area contributed by atoms with Gasteiger partial charge in [0.1, 0.15) is 22.0 Å². The Kier molecular flexibility index (Phi) is 3.39. The first-order valence-corrected chi connectivity index (χ1v) is 9.82. The second-order valence-electron chi connectivity index (χ2n) is 6.05. The number of aryl methyl sites for hydroxylation is 3. The van der Waals surface area contributed by atoms with Crippen LogP contribution in [-0.2, 0) is 18.6 Å². The maximum Gasteiger partial charge on any atom is 0.274 e. The van der Waals surface area contributed by atoms with E-state index in [2.05, 4.69) is 25.0 Å². The van der Waals surface area contributed by atoms with E-state index in [1.807, 2.05) is 0 Å². The number of hydrogen-bond donors (Lipinski definition) is 1. The monoisotopic (exact) mass is 370 g/mol. The van der Waals surface area contributed by atoms with Crippen molar-refractivity contribution in [2.45, 2.75) is 37.0 Å². The number of H-pyrrole nitrogens is 1. The van der Waals surface area contributed by atoms with Crippen LogP contribution in [0.15, 0.2) is 22.2 Å².